The summed E-state index contributed by atoms with van der Waals surface area (Å²) in [7, 11) is 1.46. The Hall–Kier alpha value is -1.58. The molecule has 2 nitrogen and oxygen atoms in total. The number of halogens is 2. The van der Waals surface area contributed by atoms with Gasteiger partial charge in [-0.15, -0.1) is 0 Å². The van der Waals surface area contributed by atoms with Crippen LogP contribution in [0.1, 0.15) is 22.8 Å². The van der Waals surface area contributed by atoms with Crippen LogP contribution in [0.4, 0.5) is 4.39 Å². The second kappa shape index (κ2) is 5.59. The number of rotatable bonds is 3. The van der Waals surface area contributed by atoms with Crippen LogP contribution in [0.5, 0.6) is 5.75 Å². The van der Waals surface area contributed by atoms with Crippen molar-refractivity contribution in [3.63, 3.8) is 0 Å². The molecule has 0 saturated carbocycles. The summed E-state index contributed by atoms with van der Waals surface area (Å²) in [6.07, 6.45) is -1.05. The fourth-order valence-electron chi connectivity index (χ4n) is 1.94. The largest absolute Gasteiger partial charge is 0.497 e. The van der Waals surface area contributed by atoms with Gasteiger partial charge in [-0.25, -0.2) is 4.39 Å². The predicted molar refractivity (Wildman–Crippen MR) is 73.2 cm³/mol. The molecule has 0 fully saturated rings. The molecule has 0 heterocycles. The van der Waals surface area contributed by atoms with Crippen LogP contribution < -0.4 is 4.74 Å². The zero-order valence-electron chi connectivity index (χ0n) is 10.7. The van der Waals surface area contributed by atoms with E-state index < -0.39 is 11.9 Å². The molecule has 2 aromatic rings. The van der Waals surface area contributed by atoms with Crippen LogP contribution in [0.3, 0.4) is 0 Å². The molecule has 0 saturated heterocycles. The van der Waals surface area contributed by atoms with E-state index in [-0.39, 0.29) is 5.56 Å². The lowest BCUT2D eigenvalue weighted by Crippen LogP contribution is -2.05. The van der Waals surface area contributed by atoms with Gasteiger partial charge in [-0.05, 0) is 36.2 Å². The average Bonchev–Trinajstić information content (AvgIpc) is 2.41. The molecule has 19 heavy (non-hydrogen) atoms. The highest BCUT2D eigenvalue weighted by molar-refractivity contribution is 6.31. The van der Waals surface area contributed by atoms with Gasteiger partial charge in [0.1, 0.15) is 17.7 Å². The smallest absolute Gasteiger partial charge is 0.133 e. The van der Waals surface area contributed by atoms with Gasteiger partial charge in [0.05, 0.1) is 7.11 Å². The van der Waals surface area contributed by atoms with Crippen LogP contribution in [0.25, 0.3) is 0 Å². The van der Waals surface area contributed by atoms with Gasteiger partial charge < -0.3 is 9.84 Å². The summed E-state index contributed by atoms with van der Waals surface area (Å²) >= 11 is 6.01. The molecule has 0 aliphatic rings. The van der Waals surface area contributed by atoms with Crippen molar-refractivity contribution in [1.82, 2.24) is 0 Å². The first kappa shape index (κ1) is 13.8. The molecule has 0 aliphatic heterocycles. The van der Waals surface area contributed by atoms with Crippen molar-refractivity contribution in [2.24, 2.45) is 0 Å². The topological polar surface area (TPSA) is 29.5 Å². The SMILES string of the molecule is COc1ccc(C(O)c2cccc(Cl)c2C)c(F)c1. The van der Waals surface area contributed by atoms with Crippen LogP contribution in [0.2, 0.25) is 5.02 Å². The molecule has 4 heteroatoms. The van der Waals surface area contributed by atoms with Crippen molar-refractivity contribution in [1.29, 1.82) is 0 Å². The maximum atomic E-state index is 13.9. The highest BCUT2D eigenvalue weighted by Crippen LogP contribution is 2.31. The van der Waals surface area contributed by atoms with Crippen molar-refractivity contribution in [2.75, 3.05) is 7.11 Å². The molecule has 1 atom stereocenters. The molecule has 0 amide bonds. The van der Waals surface area contributed by atoms with E-state index in [1.807, 2.05) is 0 Å². The summed E-state index contributed by atoms with van der Waals surface area (Å²) < 4.78 is 18.9. The van der Waals surface area contributed by atoms with Gasteiger partial charge in [0, 0.05) is 16.7 Å². The third kappa shape index (κ3) is 2.72. The standard InChI is InChI=1S/C15H14ClFO2/c1-9-11(4-3-5-13(9)16)15(18)12-7-6-10(19-2)8-14(12)17/h3-8,15,18H,1-2H3. The number of hydrogen-bond donors (Lipinski definition) is 1. The number of ether oxygens (including phenoxy) is 1. The second-order valence-electron chi connectivity index (χ2n) is 4.24. The van der Waals surface area contributed by atoms with Gasteiger partial charge in [-0.3, -0.25) is 0 Å². The molecule has 0 bridgehead atoms. The molecule has 0 spiro atoms. The minimum Gasteiger partial charge on any atom is -0.497 e. The van der Waals surface area contributed by atoms with Crippen molar-refractivity contribution in [2.45, 2.75) is 13.0 Å². The van der Waals surface area contributed by atoms with Gasteiger partial charge >= 0.3 is 0 Å². The lowest BCUT2D eigenvalue weighted by Gasteiger charge is -2.16. The molecular weight excluding hydrogens is 267 g/mol. The van der Waals surface area contributed by atoms with E-state index in [0.29, 0.717) is 16.3 Å². The number of hydrogen-bond acceptors (Lipinski definition) is 2. The molecule has 0 radical (unpaired) electrons. The maximum absolute atomic E-state index is 13.9. The first-order chi connectivity index (χ1) is 9.04. The van der Waals surface area contributed by atoms with E-state index >= 15 is 0 Å². The lowest BCUT2D eigenvalue weighted by atomic mass is 9.97. The molecule has 1 N–H and O–H groups in total. The van der Waals surface area contributed by atoms with Crippen molar-refractivity contribution in [3.05, 3.63) is 63.9 Å². The van der Waals surface area contributed by atoms with Gasteiger partial charge in [0.25, 0.3) is 0 Å². The van der Waals surface area contributed by atoms with E-state index in [2.05, 4.69) is 0 Å². The van der Waals surface area contributed by atoms with Gasteiger partial charge in [-0.1, -0.05) is 23.7 Å². The van der Waals surface area contributed by atoms with Crippen molar-refractivity contribution < 1.29 is 14.2 Å². The summed E-state index contributed by atoms with van der Waals surface area (Å²) in [5.41, 5.74) is 1.54. The van der Waals surface area contributed by atoms with E-state index in [1.54, 1.807) is 31.2 Å². The normalized spacial score (nSPS) is 12.3. The minimum absolute atomic E-state index is 0.200. The Bertz CT molecular complexity index is 599. The first-order valence-electron chi connectivity index (χ1n) is 5.81. The molecule has 0 aliphatic carbocycles. The van der Waals surface area contributed by atoms with Gasteiger partial charge in [-0.2, -0.15) is 0 Å². The number of aliphatic hydroxyl groups is 1. The summed E-state index contributed by atoms with van der Waals surface area (Å²) in [5.74, 6) is -0.0949. The molecule has 100 valence electrons. The van der Waals surface area contributed by atoms with Gasteiger partial charge in [0.2, 0.25) is 0 Å². The zero-order chi connectivity index (χ0) is 14.0. The molecule has 0 aromatic heterocycles. The summed E-state index contributed by atoms with van der Waals surface area (Å²) in [4.78, 5) is 0. The predicted octanol–water partition coefficient (Wildman–Crippen LogP) is 3.88. The Kier molecular flexibility index (Phi) is 4.08. The second-order valence-corrected chi connectivity index (χ2v) is 4.65. The number of methoxy groups -OCH3 is 1. The van der Waals surface area contributed by atoms with E-state index in [1.165, 1.54) is 19.2 Å². The number of benzene rings is 2. The van der Waals surface area contributed by atoms with Crippen molar-refractivity contribution in [3.8, 4) is 5.75 Å². The lowest BCUT2D eigenvalue weighted by molar-refractivity contribution is 0.214. The van der Waals surface area contributed by atoms with E-state index in [0.717, 1.165) is 5.56 Å². The third-order valence-electron chi connectivity index (χ3n) is 3.11. The van der Waals surface area contributed by atoms with Crippen LogP contribution in [0, 0.1) is 12.7 Å². The first-order valence-corrected chi connectivity index (χ1v) is 6.19. The number of aliphatic hydroxyl groups excluding tert-OH is 1. The Labute approximate surface area is 116 Å². The Morgan fingerprint density at radius 3 is 2.58 bits per heavy atom. The molecule has 2 rings (SSSR count). The van der Waals surface area contributed by atoms with E-state index in [4.69, 9.17) is 16.3 Å². The average molecular weight is 281 g/mol. The monoisotopic (exact) mass is 280 g/mol. The highest BCUT2D eigenvalue weighted by atomic mass is 35.5. The van der Waals surface area contributed by atoms with Crippen LogP contribution >= 0.6 is 11.6 Å². The van der Waals surface area contributed by atoms with Crippen LogP contribution in [-0.2, 0) is 0 Å². The summed E-state index contributed by atoms with van der Waals surface area (Å²) in [5, 5.41) is 10.8. The maximum Gasteiger partial charge on any atom is 0.133 e. The Morgan fingerprint density at radius 1 is 1.21 bits per heavy atom. The summed E-state index contributed by atoms with van der Waals surface area (Å²) in [6, 6.07) is 9.57. The minimum atomic E-state index is -1.05. The summed E-state index contributed by atoms with van der Waals surface area (Å²) in [6.45, 7) is 1.79. The fourth-order valence-corrected chi connectivity index (χ4v) is 2.13. The van der Waals surface area contributed by atoms with Crippen molar-refractivity contribution >= 4 is 11.6 Å². The van der Waals surface area contributed by atoms with E-state index in [9.17, 15) is 9.50 Å². The fraction of sp³-hybridized carbons (Fsp3) is 0.200. The van der Waals surface area contributed by atoms with Gasteiger partial charge in [0.15, 0.2) is 0 Å². The Balaban J connectivity index is 2.44. The highest BCUT2D eigenvalue weighted by Gasteiger charge is 2.18. The quantitative estimate of drug-likeness (QED) is 0.924. The Morgan fingerprint density at radius 2 is 1.95 bits per heavy atom. The molecule has 1 unspecified atom stereocenters. The van der Waals surface area contributed by atoms with Crippen LogP contribution in [-0.4, -0.2) is 12.2 Å². The molecule has 2 aromatic carbocycles. The third-order valence-corrected chi connectivity index (χ3v) is 3.52. The zero-order valence-corrected chi connectivity index (χ0v) is 11.4. The van der Waals surface area contributed by atoms with Crippen LogP contribution in [0.15, 0.2) is 36.4 Å². The molecular formula is C15H14ClFO2.